The van der Waals surface area contributed by atoms with E-state index in [1.54, 1.807) is 0 Å². The number of amides is 1. The van der Waals surface area contributed by atoms with Gasteiger partial charge in [0.2, 0.25) is 5.91 Å². The Bertz CT molecular complexity index is 141. The van der Waals surface area contributed by atoms with Crippen molar-refractivity contribution in [1.82, 2.24) is 0 Å². The molecule has 0 aliphatic heterocycles. The van der Waals surface area contributed by atoms with Gasteiger partial charge >= 0.3 is 5.97 Å². The van der Waals surface area contributed by atoms with Gasteiger partial charge in [0, 0.05) is 6.42 Å². The van der Waals surface area contributed by atoms with Gasteiger partial charge in [0.15, 0.2) is 0 Å². The smallest absolute Gasteiger partial charge is 0.303 e. The monoisotopic (exact) mass is 129 g/mol. The van der Waals surface area contributed by atoms with Crippen LogP contribution in [0.3, 0.4) is 0 Å². The van der Waals surface area contributed by atoms with Crippen molar-refractivity contribution in [3.05, 3.63) is 0 Å². The number of carboxylic acids is 1. The first-order valence-electron chi connectivity index (χ1n) is 2.38. The highest BCUT2D eigenvalue weighted by Crippen LogP contribution is 1.89. The summed E-state index contributed by atoms with van der Waals surface area (Å²) in [6, 6.07) is 0. The van der Waals surface area contributed by atoms with Gasteiger partial charge in [0.05, 0.1) is 6.42 Å². The molecule has 0 unspecified atom stereocenters. The van der Waals surface area contributed by atoms with E-state index in [9.17, 15) is 9.59 Å². The minimum atomic E-state index is -0.994. The molecule has 0 spiro atoms. The minimum absolute atomic E-state index is 0.0567. The van der Waals surface area contributed by atoms with Crippen LogP contribution in [0, 0.1) is 0 Å². The summed E-state index contributed by atoms with van der Waals surface area (Å²) >= 11 is 0. The summed E-state index contributed by atoms with van der Waals surface area (Å²) in [7, 11) is 0. The number of nitrogens with zero attached hydrogens (tertiary/aromatic N) is 1. The van der Waals surface area contributed by atoms with Crippen molar-refractivity contribution in [1.29, 1.82) is 0 Å². The molecular weight excluding hydrogens is 122 g/mol. The van der Waals surface area contributed by atoms with Gasteiger partial charge in [-0.2, -0.15) is 0 Å². The maximum absolute atomic E-state index is 10.2. The fraction of sp³-hybridized carbons (Fsp3) is 0.400. The van der Waals surface area contributed by atoms with E-state index < -0.39 is 11.9 Å². The van der Waals surface area contributed by atoms with Crippen molar-refractivity contribution in [2.75, 3.05) is 0 Å². The van der Waals surface area contributed by atoms with Crippen LogP contribution in [0.1, 0.15) is 12.8 Å². The van der Waals surface area contributed by atoms with Gasteiger partial charge in [-0.1, -0.05) is 0 Å². The Hall–Kier alpha value is -1.19. The summed E-state index contributed by atoms with van der Waals surface area (Å²) in [4.78, 5) is 23.0. The molecule has 0 heterocycles. The second-order valence-corrected chi connectivity index (χ2v) is 1.45. The first-order valence-corrected chi connectivity index (χ1v) is 2.38. The zero-order chi connectivity index (χ0) is 7.28. The summed E-state index contributed by atoms with van der Waals surface area (Å²) in [5, 5.41) is 8.04. The quantitative estimate of drug-likeness (QED) is 0.548. The molecule has 1 amide bonds. The van der Waals surface area contributed by atoms with Crippen LogP contribution in [-0.2, 0) is 9.59 Å². The molecule has 50 valence electrons. The topological polar surface area (TPSA) is 66.7 Å². The first-order chi connectivity index (χ1) is 4.16. The number of aliphatic imine (C=N–C) groups is 1. The average molecular weight is 129 g/mol. The second-order valence-electron chi connectivity index (χ2n) is 1.45. The molecule has 0 aliphatic rings. The SMILES string of the molecule is C=NC(=O)CCC(=O)O. The number of hydrogen-bond acceptors (Lipinski definition) is 2. The highest BCUT2D eigenvalue weighted by Gasteiger charge is 2.00. The summed E-state index contributed by atoms with van der Waals surface area (Å²) in [5.74, 6) is -1.47. The Morgan fingerprint density at radius 2 is 2.00 bits per heavy atom. The van der Waals surface area contributed by atoms with E-state index in [1.165, 1.54) is 0 Å². The lowest BCUT2D eigenvalue weighted by Crippen LogP contribution is -1.99. The zero-order valence-electron chi connectivity index (χ0n) is 4.83. The van der Waals surface area contributed by atoms with Crippen molar-refractivity contribution >= 4 is 18.6 Å². The summed E-state index contributed by atoms with van der Waals surface area (Å²) in [5.41, 5.74) is 0. The molecule has 1 N–H and O–H groups in total. The van der Waals surface area contributed by atoms with Crippen LogP contribution in [0.25, 0.3) is 0 Å². The Balaban J connectivity index is 3.39. The molecule has 0 aromatic rings. The van der Waals surface area contributed by atoms with Crippen LogP contribution in [0.15, 0.2) is 4.99 Å². The third-order valence-corrected chi connectivity index (χ3v) is 0.729. The normalized spacial score (nSPS) is 8.44. The van der Waals surface area contributed by atoms with Crippen molar-refractivity contribution in [2.24, 2.45) is 4.99 Å². The van der Waals surface area contributed by atoms with E-state index >= 15 is 0 Å². The van der Waals surface area contributed by atoms with Gasteiger partial charge in [-0.25, -0.2) is 4.99 Å². The number of carbonyl (C=O) groups is 2. The van der Waals surface area contributed by atoms with Crippen LogP contribution in [0.5, 0.6) is 0 Å². The van der Waals surface area contributed by atoms with Crippen molar-refractivity contribution < 1.29 is 14.7 Å². The zero-order valence-corrected chi connectivity index (χ0v) is 4.83. The van der Waals surface area contributed by atoms with Crippen molar-refractivity contribution in [3.63, 3.8) is 0 Å². The Morgan fingerprint density at radius 1 is 1.44 bits per heavy atom. The molecule has 0 atom stereocenters. The van der Waals surface area contributed by atoms with Gasteiger partial charge in [0.25, 0.3) is 0 Å². The van der Waals surface area contributed by atoms with Crippen LogP contribution in [0.2, 0.25) is 0 Å². The highest BCUT2D eigenvalue weighted by atomic mass is 16.4. The van der Waals surface area contributed by atoms with Gasteiger partial charge < -0.3 is 5.11 Å². The first kappa shape index (κ1) is 7.81. The number of hydrogen-bond donors (Lipinski definition) is 1. The molecule has 0 aromatic heterocycles. The van der Waals surface area contributed by atoms with Crippen LogP contribution < -0.4 is 0 Å². The maximum atomic E-state index is 10.2. The molecule has 0 saturated heterocycles. The Kier molecular flexibility index (Phi) is 3.27. The van der Waals surface area contributed by atoms with E-state index in [0.29, 0.717) is 0 Å². The van der Waals surface area contributed by atoms with Crippen LogP contribution in [0.4, 0.5) is 0 Å². The average Bonchev–Trinajstić information content (AvgIpc) is 1.83. The highest BCUT2D eigenvalue weighted by molar-refractivity contribution is 5.83. The van der Waals surface area contributed by atoms with E-state index in [0.717, 1.165) is 0 Å². The molecule has 0 bridgehead atoms. The van der Waals surface area contributed by atoms with Crippen LogP contribution >= 0.6 is 0 Å². The maximum Gasteiger partial charge on any atom is 0.303 e. The van der Waals surface area contributed by atoms with Gasteiger partial charge in [-0.15, -0.1) is 0 Å². The Morgan fingerprint density at radius 3 is 2.33 bits per heavy atom. The number of rotatable bonds is 3. The van der Waals surface area contributed by atoms with E-state index in [1.807, 2.05) is 0 Å². The molecule has 0 radical (unpaired) electrons. The lowest BCUT2D eigenvalue weighted by atomic mass is 10.3. The molecule has 0 saturated carbocycles. The van der Waals surface area contributed by atoms with E-state index in [2.05, 4.69) is 11.7 Å². The van der Waals surface area contributed by atoms with Crippen molar-refractivity contribution in [3.8, 4) is 0 Å². The molecule has 0 aliphatic carbocycles. The number of aliphatic carboxylic acids is 1. The molecule has 4 nitrogen and oxygen atoms in total. The molecule has 9 heavy (non-hydrogen) atoms. The molecule has 4 heteroatoms. The second kappa shape index (κ2) is 3.77. The van der Waals surface area contributed by atoms with Crippen LogP contribution in [-0.4, -0.2) is 23.7 Å². The molecular formula is C5H7NO3. The number of carbonyl (C=O) groups excluding carboxylic acids is 1. The van der Waals surface area contributed by atoms with E-state index in [4.69, 9.17) is 5.11 Å². The van der Waals surface area contributed by atoms with Gasteiger partial charge in [-0.3, -0.25) is 9.59 Å². The third kappa shape index (κ3) is 4.67. The van der Waals surface area contributed by atoms with Gasteiger partial charge in [-0.05, 0) is 6.72 Å². The molecule has 0 rings (SSSR count). The predicted molar refractivity (Wildman–Crippen MR) is 31.4 cm³/mol. The summed E-state index contributed by atoms with van der Waals surface area (Å²) in [6.07, 6.45) is -0.226. The minimum Gasteiger partial charge on any atom is -0.481 e. The fourth-order valence-electron chi connectivity index (χ4n) is 0.293. The Labute approximate surface area is 52.2 Å². The standard InChI is InChI=1S/C5H7NO3/c1-6-4(7)2-3-5(8)9/h1-3H2,(H,8,9). The van der Waals surface area contributed by atoms with E-state index in [-0.39, 0.29) is 12.8 Å². The lowest BCUT2D eigenvalue weighted by molar-refractivity contribution is -0.138. The van der Waals surface area contributed by atoms with Gasteiger partial charge in [0.1, 0.15) is 0 Å². The molecule has 0 aromatic carbocycles. The van der Waals surface area contributed by atoms with Crippen molar-refractivity contribution in [2.45, 2.75) is 12.8 Å². The summed E-state index contributed by atoms with van der Waals surface area (Å²) in [6.45, 7) is 2.95. The predicted octanol–water partition coefficient (Wildman–Crippen LogP) is 0.0784. The largest absolute Gasteiger partial charge is 0.481 e. The lowest BCUT2D eigenvalue weighted by Gasteiger charge is -1.86. The fourth-order valence-corrected chi connectivity index (χ4v) is 0.293. The summed E-state index contributed by atoms with van der Waals surface area (Å²) < 4.78 is 0. The molecule has 0 fully saturated rings. The third-order valence-electron chi connectivity index (χ3n) is 0.729. The number of carboxylic acid groups (broad SMARTS) is 1.